The van der Waals surface area contributed by atoms with Gasteiger partial charge in [0.25, 0.3) is 0 Å². The van der Waals surface area contributed by atoms with Crippen LogP contribution in [0.15, 0.2) is 54.6 Å². The lowest BCUT2D eigenvalue weighted by molar-refractivity contribution is -0.132. The monoisotopic (exact) mass is 339 g/mol. The van der Waals surface area contributed by atoms with Crippen molar-refractivity contribution in [1.82, 2.24) is 4.90 Å². The van der Waals surface area contributed by atoms with Gasteiger partial charge in [0.2, 0.25) is 5.91 Å². The van der Waals surface area contributed by atoms with Crippen LogP contribution in [-0.4, -0.2) is 34.7 Å². The summed E-state index contributed by atoms with van der Waals surface area (Å²) in [6.07, 6.45) is 0.522. The van der Waals surface area contributed by atoms with Crippen LogP contribution >= 0.6 is 0 Å². The zero-order valence-corrected chi connectivity index (χ0v) is 14.1. The van der Waals surface area contributed by atoms with E-state index >= 15 is 0 Å². The summed E-state index contributed by atoms with van der Waals surface area (Å²) >= 11 is 0. The Morgan fingerprint density at radius 2 is 1.84 bits per heavy atom. The maximum atomic E-state index is 12.8. The van der Waals surface area contributed by atoms with E-state index in [9.17, 15) is 14.7 Å². The molecule has 1 aliphatic heterocycles. The first-order valence-electron chi connectivity index (χ1n) is 8.36. The highest BCUT2D eigenvalue weighted by Crippen LogP contribution is 2.22. The number of phenolic OH excluding ortho intramolecular Hbond substituents is 1. The van der Waals surface area contributed by atoms with Gasteiger partial charge in [-0.15, -0.1) is 0 Å². The molecular formula is C20H21NO4. The van der Waals surface area contributed by atoms with Crippen LogP contribution in [0.4, 0.5) is 4.79 Å². The van der Waals surface area contributed by atoms with E-state index in [2.05, 4.69) is 0 Å². The van der Waals surface area contributed by atoms with Crippen molar-refractivity contribution in [2.45, 2.75) is 25.8 Å². The Morgan fingerprint density at radius 3 is 2.52 bits per heavy atom. The van der Waals surface area contributed by atoms with Crippen LogP contribution in [0.2, 0.25) is 0 Å². The molecule has 0 saturated carbocycles. The van der Waals surface area contributed by atoms with Crippen molar-refractivity contribution >= 4 is 12.0 Å². The standard InChI is InChI=1S/C20H21NO4/c1-14(11-16-7-9-18(22)10-8-16)19(23)21-17(13-25-20(21)24)12-15-5-3-2-4-6-15/h2-10,14,17,22H,11-13H2,1H3. The summed E-state index contributed by atoms with van der Waals surface area (Å²) in [6, 6.07) is 16.2. The number of cyclic esters (lactones) is 1. The molecule has 2 aromatic carbocycles. The molecule has 0 radical (unpaired) electrons. The molecule has 2 unspecified atom stereocenters. The summed E-state index contributed by atoms with van der Waals surface area (Å²) in [7, 11) is 0. The van der Waals surface area contributed by atoms with Crippen LogP contribution < -0.4 is 0 Å². The van der Waals surface area contributed by atoms with Gasteiger partial charge in [0.1, 0.15) is 12.4 Å². The number of imide groups is 1. The average Bonchev–Trinajstić information content (AvgIpc) is 2.97. The number of hydrogen-bond donors (Lipinski definition) is 1. The second-order valence-electron chi connectivity index (χ2n) is 6.40. The fourth-order valence-corrected chi connectivity index (χ4v) is 3.08. The van der Waals surface area contributed by atoms with Crippen molar-refractivity contribution in [2.75, 3.05) is 6.61 Å². The van der Waals surface area contributed by atoms with Crippen molar-refractivity contribution in [3.05, 3.63) is 65.7 Å². The maximum absolute atomic E-state index is 12.8. The highest BCUT2D eigenvalue weighted by molar-refractivity contribution is 5.94. The number of ether oxygens (including phenoxy) is 1. The topological polar surface area (TPSA) is 66.8 Å². The smallest absolute Gasteiger partial charge is 0.416 e. The molecule has 0 bridgehead atoms. The van der Waals surface area contributed by atoms with Crippen LogP contribution in [0.5, 0.6) is 5.75 Å². The van der Waals surface area contributed by atoms with Crippen LogP contribution in [-0.2, 0) is 22.4 Å². The molecule has 1 heterocycles. The van der Waals surface area contributed by atoms with Crippen molar-refractivity contribution in [3.8, 4) is 5.75 Å². The zero-order valence-electron chi connectivity index (χ0n) is 14.1. The summed E-state index contributed by atoms with van der Waals surface area (Å²) in [6.45, 7) is 2.03. The molecule has 0 spiro atoms. The Balaban J connectivity index is 1.69. The molecule has 130 valence electrons. The quantitative estimate of drug-likeness (QED) is 0.909. The number of benzene rings is 2. The van der Waals surface area contributed by atoms with Gasteiger partial charge < -0.3 is 9.84 Å². The third kappa shape index (κ3) is 3.99. The maximum Gasteiger partial charge on any atom is 0.416 e. The Hall–Kier alpha value is -2.82. The number of amides is 2. The first-order chi connectivity index (χ1) is 12.0. The lowest BCUT2D eigenvalue weighted by atomic mass is 9.98. The van der Waals surface area contributed by atoms with Gasteiger partial charge in [0, 0.05) is 5.92 Å². The number of hydrogen-bond acceptors (Lipinski definition) is 4. The molecule has 5 nitrogen and oxygen atoms in total. The molecule has 1 aliphatic rings. The van der Waals surface area contributed by atoms with E-state index in [1.54, 1.807) is 31.2 Å². The molecule has 5 heteroatoms. The van der Waals surface area contributed by atoms with Gasteiger partial charge in [0.15, 0.2) is 0 Å². The van der Waals surface area contributed by atoms with Gasteiger partial charge in [-0.1, -0.05) is 49.4 Å². The van der Waals surface area contributed by atoms with E-state index in [0.29, 0.717) is 12.8 Å². The van der Waals surface area contributed by atoms with Gasteiger partial charge >= 0.3 is 6.09 Å². The number of rotatable bonds is 5. The van der Waals surface area contributed by atoms with Crippen molar-refractivity contribution < 1.29 is 19.4 Å². The molecular weight excluding hydrogens is 318 g/mol. The normalized spacial score (nSPS) is 18.0. The minimum absolute atomic E-state index is 0.189. The molecule has 25 heavy (non-hydrogen) atoms. The molecule has 1 saturated heterocycles. The third-order valence-electron chi connectivity index (χ3n) is 4.41. The zero-order chi connectivity index (χ0) is 17.8. The largest absolute Gasteiger partial charge is 0.508 e. The minimum atomic E-state index is -0.566. The fourth-order valence-electron chi connectivity index (χ4n) is 3.08. The summed E-state index contributed by atoms with van der Waals surface area (Å²) in [5, 5.41) is 9.35. The lowest BCUT2D eigenvalue weighted by Gasteiger charge is -2.23. The van der Waals surface area contributed by atoms with E-state index in [-0.39, 0.29) is 30.2 Å². The molecule has 3 rings (SSSR count). The van der Waals surface area contributed by atoms with Gasteiger partial charge in [0.05, 0.1) is 6.04 Å². The van der Waals surface area contributed by atoms with Gasteiger partial charge in [-0.05, 0) is 36.1 Å². The first kappa shape index (κ1) is 17.0. The molecule has 1 N–H and O–H groups in total. The van der Waals surface area contributed by atoms with E-state index in [1.807, 2.05) is 30.3 Å². The van der Waals surface area contributed by atoms with Crippen LogP contribution in [0.3, 0.4) is 0 Å². The van der Waals surface area contributed by atoms with Gasteiger partial charge in [-0.3, -0.25) is 4.79 Å². The van der Waals surface area contributed by atoms with Crippen LogP contribution in [0.1, 0.15) is 18.1 Å². The summed E-state index contributed by atoms with van der Waals surface area (Å²) < 4.78 is 5.12. The average molecular weight is 339 g/mol. The van der Waals surface area contributed by atoms with E-state index in [0.717, 1.165) is 11.1 Å². The number of nitrogens with zero attached hydrogens (tertiary/aromatic N) is 1. The molecule has 2 atom stereocenters. The third-order valence-corrected chi connectivity index (χ3v) is 4.41. The second-order valence-corrected chi connectivity index (χ2v) is 6.40. The summed E-state index contributed by atoms with van der Waals surface area (Å²) in [4.78, 5) is 26.1. The van der Waals surface area contributed by atoms with Crippen LogP contribution in [0, 0.1) is 5.92 Å². The summed E-state index contributed by atoms with van der Waals surface area (Å²) in [5.41, 5.74) is 2.00. The Morgan fingerprint density at radius 1 is 1.16 bits per heavy atom. The molecule has 1 fully saturated rings. The predicted molar refractivity (Wildman–Crippen MR) is 93.1 cm³/mol. The number of carbonyl (C=O) groups is 2. The Labute approximate surface area is 146 Å². The number of aromatic hydroxyl groups is 1. The van der Waals surface area contributed by atoms with Crippen LogP contribution in [0.25, 0.3) is 0 Å². The fraction of sp³-hybridized carbons (Fsp3) is 0.300. The minimum Gasteiger partial charge on any atom is -0.508 e. The number of carbonyl (C=O) groups excluding carboxylic acids is 2. The first-order valence-corrected chi connectivity index (χ1v) is 8.36. The van der Waals surface area contributed by atoms with Gasteiger partial charge in [-0.2, -0.15) is 0 Å². The Kier molecular flexibility index (Phi) is 5.03. The lowest BCUT2D eigenvalue weighted by Crippen LogP contribution is -2.43. The van der Waals surface area contributed by atoms with Crippen molar-refractivity contribution in [3.63, 3.8) is 0 Å². The van der Waals surface area contributed by atoms with Crippen molar-refractivity contribution in [2.24, 2.45) is 5.92 Å². The predicted octanol–water partition coefficient (Wildman–Crippen LogP) is 3.16. The van der Waals surface area contributed by atoms with E-state index < -0.39 is 6.09 Å². The highest BCUT2D eigenvalue weighted by atomic mass is 16.6. The van der Waals surface area contributed by atoms with E-state index in [1.165, 1.54) is 4.90 Å². The molecule has 2 aromatic rings. The molecule has 0 aromatic heterocycles. The molecule has 0 aliphatic carbocycles. The number of phenols is 1. The Bertz CT molecular complexity index is 742. The van der Waals surface area contributed by atoms with E-state index in [4.69, 9.17) is 4.74 Å². The molecule has 2 amide bonds. The highest BCUT2D eigenvalue weighted by Gasteiger charge is 2.39. The van der Waals surface area contributed by atoms with Gasteiger partial charge in [-0.25, -0.2) is 9.69 Å². The summed E-state index contributed by atoms with van der Waals surface area (Å²) in [5.74, 6) is -0.390. The second kappa shape index (κ2) is 7.38. The van der Waals surface area contributed by atoms with Crippen molar-refractivity contribution in [1.29, 1.82) is 0 Å². The SMILES string of the molecule is CC(Cc1ccc(O)cc1)C(=O)N1C(=O)OCC1Cc1ccccc1.